The van der Waals surface area contributed by atoms with Gasteiger partial charge in [0.25, 0.3) is 0 Å². The maximum Gasteiger partial charge on any atom is 0.243 e. The second kappa shape index (κ2) is 13.1. The molecule has 2 fully saturated rings. The van der Waals surface area contributed by atoms with Crippen molar-refractivity contribution in [3.05, 3.63) is 54.5 Å². The van der Waals surface area contributed by atoms with Gasteiger partial charge < -0.3 is 9.80 Å². The Bertz CT molecular complexity index is 1810. The summed E-state index contributed by atoms with van der Waals surface area (Å²) in [6.45, 7) is 1.60. The molecule has 4 heterocycles. The van der Waals surface area contributed by atoms with E-state index in [0.717, 1.165) is 10.9 Å². The van der Waals surface area contributed by atoms with Crippen molar-refractivity contribution in [2.45, 2.75) is 37.5 Å². The molecule has 1 aliphatic heterocycles. The van der Waals surface area contributed by atoms with Crippen LogP contribution in [-0.2, 0) is 10.0 Å². The fourth-order valence-electron chi connectivity index (χ4n) is 5.12. The van der Waals surface area contributed by atoms with Gasteiger partial charge >= 0.3 is 0 Å². The highest BCUT2D eigenvalue weighted by molar-refractivity contribution is 6.56. The van der Waals surface area contributed by atoms with Crippen molar-refractivity contribution in [1.29, 1.82) is 10.5 Å². The van der Waals surface area contributed by atoms with E-state index in [1.807, 2.05) is 11.0 Å². The molecule has 0 N–H and O–H groups in total. The van der Waals surface area contributed by atoms with Gasteiger partial charge in [-0.25, -0.2) is 18.7 Å². The normalized spacial score (nSPS) is 16.7. The highest BCUT2D eigenvalue weighted by Crippen LogP contribution is 2.39. The van der Waals surface area contributed by atoms with Crippen LogP contribution in [0.15, 0.2) is 43.0 Å². The highest BCUT2D eigenvalue weighted by Gasteiger charge is 2.33. The molecule has 2 atom stereocenters. The number of pyridine rings is 1. The average Bonchev–Trinajstić information content (AvgIpc) is 3.85. The first-order chi connectivity index (χ1) is 21.6. The van der Waals surface area contributed by atoms with Crippen LogP contribution in [0, 0.1) is 34.4 Å². The quantitative estimate of drug-likeness (QED) is 0.310. The molecule has 4 aromatic rings. The van der Waals surface area contributed by atoms with E-state index in [9.17, 15) is 24.1 Å². The predicted molar refractivity (Wildman–Crippen MR) is 166 cm³/mol. The summed E-state index contributed by atoms with van der Waals surface area (Å²) in [6, 6.07) is 9.60. The Morgan fingerprint density at radius 2 is 1.84 bits per heavy atom. The molecule has 1 aromatic carbocycles. The third kappa shape index (κ3) is 6.68. The number of hydrogen-bond donors (Lipinski definition) is 0. The van der Waals surface area contributed by atoms with Crippen LogP contribution in [-0.4, -0.2) is 91.4 Å². The molecule has 220 valence electrons. The zero-order valence-electron chi connectivity index (χ0n) is 24.6. The average molecular weight is 599 g/mol. The van der Waals surface area contributed by atoms with Crippen LogP contribution in [0.3, 0.4) is 0 Å². The Morgan fingerprint density at radius 1 is 1.11 bits per heavy atom. The third-order valence-electron chi connectivity index (χ3n) is 7.42. The van der Waals surface area contributed by atoms with E-state index in [0.29, 0.717) is 52.2 Å². The number of hydrogen-bond acceptors (Lipinski definition) is 8. The molecule has 2 unspecified atom stereocenters. The summed E-state index contributed by atoms with van der Waals surface area (Å²) in [5, 5.41) is 21.8. The van der Waals surface area contributed by atoms with Crippen molar-refractivity contribution in [2.24, 2.45) is 5.92 Å². The van der Waals surface area contributed by atoms with Crippen LogP contribution in [0.4, 0.5) is 14.6 Å². The van der Waals surface area contributed by atoms with Crippen LogP contribution in [0.1, 0.15) is 31.9 Å². The van der Waals surface area contributed by atoms with Crippen molar-refractivity contribution >= 4 is 46.2 Å². The van der Waals surface area contributed by atoms with Crippen molar-refractivity contribution in [2.75, 3.05) is 31.2 Å². The Hall–Kier alpha value is -4.78. The number of nitrogens with zero attached hydrogens (tertiary/aromatic N) is 9. The number of carbonyl (C=O) groups excluding carboxylic acids is 1. The number of benzene rings is 1. The monoisotopic (exact) mass is 599 g/mol. The summed E-state index contributed by atoms with van der Waals surface area (Å²) >= 11 is 0. The Kier molecular flexibility index (Phi) is 9.19. The van der Waals surface area contributed by atoms with E-state index < -0.39 is 29.6 Å². The number of amides is 1. The maximum atomic E-state index is 14.3. The van der Waals surface area contributed by atoms with Gasteiger partial charge in [-0.2, -0.15) is 15.6 Å². The summed E-state index contributed by atoms with van der Waals surface area (Å²) in [5.74, 6) is -1.96. The molecule has 1 saturated heterocycles. The number of rotatable bonds is 6. The smallest absolute Gasteiger partial charge is 0.243 e. The second-order valence-corrected chi connectivity index (χ2v) is 11.0. The van der Waals surface area contributed by atoms with Gasteiger partial charge in [-0.15, -0.1) is 0 Å². The van der Waals surface area contributed by atoms with E-state index in [4.69, 9.17) is 23.5 Å². The van der Waals surface area contributed by atoms with Gasteiger partial charge in [-0.1, -0.05) is 25.3 Å². The molecule has 1 amide bonds. The molecule has 1 aliphatic carbocycles. The first-order valence-corrected chi connectivity index (χ1v) is 14.3. The number of piperazine rings is 1. The standard InChI is InChI=1S/C27H20B3F2N9O.C3H6/c1-15-13-39(4-5-40(15)26(42)17(8-31)9-33)25-23-20(16-6-18(32)12-35-11-16)2-3-21(24(23)36-14-37-25)22-7-19(10-34)41(38-22)27(28,29)30;1-2-3-1/h2-3,6-7,11-12,14-15,17H,4-5,8,13H2,1H3;1-3H2. The number of carbonyl (C=O) groups is 1. The number of anilines is 1. The summed E-state index contributed by atoms with van der Waals surface area (Å²) in [7, 11) is 17.5. The largest absolute Gasteiger partial charge is 0.352 e. The summed E-state index contributed by atoms with van der Waals surface area (Å²) in [4.78, 5) is 29.3. The van der Waals surface area contributed by atoms with Crippen LogP contribution in [0.25, 0.3) is 33.3 Å². The SMILES string of the molecule is C1CC1.[B]C([B])([B])n1nc(-c2ccc(-c3cncc(F)c3)c3c(N4CCN(C(=O)C(C#N)CF)C(C)C4)ncnc23)cc1C#N. The molecular formula is C30H26B3F2N9O. The fourth-order valence-corrected chi connectivity index (χ4v) is 5.12. The Labute approximate surface area is 263 Å². The molecular weight excluding hydrogens is 573 g/mol. The Balaban J connectivity index is 0.00000126. The van der Waals surface area contributed by atoms with Crippen molar-refractivity contribution < 1.29 is 13.6 Å². The zero-order chi connectivity index (χ0) is 32.3. The van der Waals surface area contributed by atoms with E-state index in [2.05, 4.69) is 20.1 Å². The minimum atomic E-state index is -1.94. The number of nitriles is 2. The lowest BCUT2D eigenvalue weighted by Crippen LogP contribution is -2.55. The van der Waals surface area contributed by atoms with Gasteiger partial charge in [-0.05, 0) is 29.9 Å². The lowest BCUT2D eigenvalue weighted by molar-refractivity contribution is -0.136. The molecule has 6 radical (unpaired) electrons. The molecule has 2 aliphatic rings. The molecule has 45 heavy (non-hydrogen) atoms. The van der Waals surface area contributed by atoms with Crippen LogP contribution >= 0.6 is 0 Å². The summed E-state index contributed by atoms with van der Waals surface area (Å²) < 4.78 is 28.5. The topological polar surface area (TPSA) is 128 Å². The molecule has 15 heteroatoms. The summed E-state index contributed by atoms with van der Waals surface area (Å²) in [5.41, 5.74) is 2.32. The molecule has 10 nitrogen and oxygen atoms in total. The Morgan fingerprint density at radius 3 is 2.42 bits per heavy atom. The maximum absolute atomic E-state index is 14.3. The van der Waals surface area contributed by atoms with Gasteiger partial charge in [0.2, 0.25) is 5.91 Å². The fraction of sp³-hybridized carbons (Fsp3) is 0.367. The van der Waals surface area contributed by atoms with Crippen LogP contribution in [0.2, 0.25) is 0 Å². The van der Waals surface area contributed by atoms with Gasteiger partial charge in [0.05, 0.1) is 52.4 Å². The van der Waals surface area contributed by atoms with Crippen molar-refractivity contribution in [1.82, 2.24) is 29.6 Å². The van der Waals surface area contributed by atoms with Crippen molar-refractivity contribution in [3.63, 3.8) is 0 Å². The molecule has 6 rings (SSSR count). The van der Waals surface area contributed by atoms with Gasteiger partial charge in [-0.3, -0.25) is 14.5 Å². The van der Waals surface area contributed by atoms with E-state index in [-0.39, 0.29) is 18.3 Å². The molecule has 3 aromatic heterocycles. The molecule has 0 bridgehead atoms. The first kappa shape index (κ1) is 31.6. The molecule has 1 saturated carbocycles. The minimum Gasteiger partial charge on any atom is -0.352 e. The lowest BCUT2D eigenvalue weighted by Gasteiger charge is -2.41. The number of halogens is 2. The molecule has 0 spiro atoms. The highest BCUT2D eigenvalue weighted by atomic mass is 19.1. The summed E-state index contributed by atoms with van der Waals surface area (Å²) in [6.07, 6.45) is 8.48. The number of alkyl halides is 1. The van der Waals surface area contributed by atoms with E-state index >= 15 is 0 Å². The minimum absolute atomic E-state index is 0.0249. The number of aromatic nitrogens is 5. The van der Waals surface area contributed by atoms with Crippen molar-refractivity contribution in [3.8, 4) is 34.5 Å². The lowest BCUT2D eigenvalue weighted by atomic mass is 9.49. The first-order valence-electron chi connectivity index (χ1n) is 14.3. The van der Waals surface area contributed by atoms with E-state index in [1.165, 1.54) is 48.8 Å². The zero-order valence-corrected chi connectivity index (χ0v) is 24.6. The van der Waals surface area contributed by atoms with E-state index in [1.54, 1.807) is 25.1 Å². The van der Waals surface area contributed by atoms with Crippen LogP contribution < -0.4 is 4.90 Å². The number of fused-ring (bicyclic) bond motifs is 1. The predicted octanol–water partition coefficient (Wildman–Crippen LogP) is 2.96. The third-order valence-corrected chi connectivity index (χ3v) is 7.42. The van der Waals surface area contributed by atoms with Crippen LogP contribution in [0.5, 0.6) is 0 Å². The van der Waals surface area contributed by atoms with Gasteiger partial charge in [0.1, 0.15) is 36.4 Å². The van der Waals surface area contributed by atoms with Gasteiger partial charge in [0.15, 0.2) is 5.92 Å². The van der Waals surface area contributed by atoms with Gasteiger partial charge in [0, 0.05) is 49.1 Å². The second-order valence-electron chi connectivity index (χ2n) is 11.0.